The molecule has 0 aliphatic heterocycles. The molecule has 1 aromatic carbocycles. The number of nitrogens with zero attached hydrogens (tertiary/aromatic N) is 1. The summed E-state index contributed by atoms with van der Waals surface area (Å²) < 4.78 is 0. The molecule has 2 nitrogen and oxygen atoms in total. The van der Waals surface area contributed by atoms with Gasteiger partial charge in [0.1, 0.15) is 0 Å². The quantitative estimate of drug-likeness (QED) is 0.731. The van der Waals surface area contributed by atoms with E-state index in [4.69, 9.17) is 11.7 Å². The van der Waals surface area contributed by atoms with Gasteiger partial charge in [0.05, 0.1) is 12.0 Å². The Morgan fingerprint density at radius 3 is 3.00 bits per heavy atom. The van der Waals surface area contributed by atoms with Crippen molar-refractivity contribution < 1.29 is 0 Å². The molecule has 0 aliphatic rings. The summed E-state index contributed by atoms with van der Waals surface area (Å²) >= 11 is 0. The van der Waals surface area contributed by atoms with Gasteiger partial charge in [-0.2, -0.15) is 5.26 Å². The van der Waals surface area contributed by atoms with Crippen molar-refractivity contribution >= 4 is 5.69 Å². The average molecular weight is 184 g/mol. The van der Waals surface area contributed by atoms with Crippen molar-refractivity contribution in [3.8, 4) is 18.4 Å². The van der Waals surface area contributed by atoms with Gasteiger partial charge >= 0.3 is 0 Å². The lowest BCUT2D eigenvalue weighted by Crippen LogP contribution is -2.09. The molecular weight excluding hydrogens is 172 g/mol. The average Bonchev–Trinajstić information content (AvgIpc) is 2.26. The van der Waals surface area contributed by atoms with Crippen LogP contribution in [-0.4, -0.2) is 6.54 Å². The zero-order valence-electron chi connectivity index (χ0n) is 8.12. The molecule has 0 bridgehead atoms. The Hall–Kier alpha value is -1.93. The number of terminal acetylenes is 1. The third-order valence-electron chi connectivity index (χ3n) is 1.86. The number of anilines is 1. The Labute approximate surface area is 84.6 Å². The zero-order valence-corrected chi connectivity index (χ0v) is 8.12. The summed E-state index contributed by atoms with van der Waals surface area (Å²) in [7, 11) is 0. The fourth-order valence-corrected chi connectivity index (χ4v) is 1.04. The van der Waals surface area contributed by atoms with E-state index in [0.717, 1.165) is 11.3 Å². The molecule has 1 N–H and O–H groups in total. The van der Waals surface area contributed by atoms with Crippen LogP contribution in [0.4, 0.5) is 5.69 Å². The highest BCUT2D eigenvalue weighted by Crippen LogP contribution is 2.10. The number of nitrogens with one attached hydrogen (secondary N) is 1. The Morgan fingerprint density at radius 1 is 1.57 bits per heavy atom. The molecule has 0 fully saturated rings. The topological polar surface area (TPSA) is 35.8 Å². The van der Waals surface area contributed by atoms with E-state index in [-0.39, 0.29) is 5.92 Å². The van der Waals surface area contributed by atoms with Crippen LogP contribution in [0.1, 0.15) is 12.5 Å². The molecule has 0 aliphatic carbocycles. The predicted molar refractivity (Wildman–Crippen MR) is 57.6 cm³/mol. The van der Waals surface area contributed by atoms with Crippen molar-refractivity contribution in [3.63, 3.8) is 0 Å². The van der Waals surface area contributed by atoms with Crippen molar-refractivity contribution in [2.45, 2.75) is 6.92 Å². The Kier molecular flexibility index (Phi) is 3.58. The highest BCUT2D eigenvalue weighted by atomic mass is 14.9. The van der Waals surface area contributed by atoms with Gasteiger partial charge in [-0.1, -0.05) is 12.0 Å². The lowest BCUT2D eigenvalue weighted by molar-refractivity contribution is 0.786. The van der Waals surface area contributed by atoms with Crippen LogP contribution in [0.2, 0.25) is 0 Å². The summed E-state index contributed by atoms with van der Waals surface area (Å²) in [6.45, 7) is 2.52. The third kappa shape index (κ3) is 2.84. The second-order valence-electron chi connectivity index (χ2n) is 3.14. The Balaban J connectivity index is 2.61. The van der Waals surface area contributed by atoms with E-state index in [1.807, 2.05) is 31.2 Å². The van der Waals surface area contributed by atoms with E-state index >= 15 is 0 Å². The molecule has 0 radical (unpaired) electrons. The number of benzene rings is 1. The van der Waals surface area contributed by atoms with Gasteiger partial charge in [0.2, 0.25) is 0 Å². The van der Waals surface area contributed by atoms with Crippen molar-refractivity contribution in [1.82, 2.24) is 0 Å². The SMILES string of the molecule is C#Cc1cccc(NCC(C)C#N)c1. The van der Waals surface area contributed by atoms with E-state index in [9.17, 15) is 0 Å². The molecule has 0 saturated carbocycles. The minimum absolute atomic E-state index is 0.00416. The van der Waals surface area contributed by atoms with Crippen LogP contribution in [-0.2, 0) is 0 Å². The second-order valence-corrected chi connectivity index (χ2v) is 3.14. The maximum Gasteiger partial charge on any atom is 0.0671 e. The van der Waals surface area contributed by atoms with Gasteiger partial charge in [-0.25, -0.2) is 0 Å². The van der Waals surface area contributed by atoms with E-state index in [2.05, 4.69) is 17.3 Å². The van der Waals surface area contributed by atoms with Gasteiger partial charge in [0.15, 0.2) is 0 Å². The standard InChI is InChI=1S/C12H12N2/c1-3-11-5-4-6-12(7-11)14-9-10(2)8-13/h1,4-7,10,14H,9H2,2H3. The van der Waals surface area contributed by atoms with Gasteiger partial charge in [-0.15, -0.1) is 6.42 Å². The highest BCUT2D eigenvalue weighted by molar-refractivity contribution is 5.49. The molecule has 0 saturated heterocycles. The predicted octanol–water partition coefficient (Wildman–Crippen LogP) is 2.24. The summed E-state index contributed by atoms with van der Waals surface area (Å²) in [5.41, 5.74) is 1.81. The second kappa shape index (κ2) is 4.94. The summed E-state index contributed by atoms with van der Waals surface area (Å²) in [6, 6.07) is 9.76. The Morgan fingerprint density at radius 2 is 2.36 bits per heavy atom. The molecule has 70 valence electrons. The molecule has 0 aromatic heterocycles. The van der Waals surface area contributed by atoms with Crippen molar-refractivity contribution in [2.24, 2.45) is 5.92 Å². The van der Waals surface area contributed by atoms with Gasteiger partial charge in [0, 0.05) is 17.8 Å². The lowest BCUT2D eigenvalue weighted by Gasteiger charge is -2.07. The van der Waals surface area contributed by atoms with E-state index in [1.54, 1.807) is 0 Å². The molecule has 14 heavy (non-hydrogen) atoms. The van der Waals surface area contributed by atoms with E-state index in [1.165, 1.54) is 0 Å². The van der Waals surface area contributed by atoms with E-state index in [0.29, 0.717) is 6.54 Å². The van der Waals surface area contributed by atoms with Crippen LogP contribution >= 0.6 is 0 Å². The Bertz CT molecular complexity index is 382. The largest absolute Gasteiger partial charge is 0.384 e. The normalized spacial score (nSPS) is 11.1. The first-order chi connectivity index (χ1) is 6.76. The monoisotopic (exact) mass is 184 g/mol. The van der Waals surface area contributed by atoms with Crippen molar-refractivity contribution in [1.29, 1.82) is 5.26 Å². The maximum atomic E-state index is 8.59. The summed E-state index contributed by atoms with van der Waals surface area (Å²) in [6.07, 6.45) is 5.27. The molecule has 2 heteroatoms. The maximum absolute atomic E-state index is 8.59. The van der Waals surface area contributed by atoms with Gasteiger partial charge in [-0.05, 0) is 25.1 Å². The van der Waals surface area contributed by atoms with Crippen molar-refractivity contribution in [2.75, 3.05) is 11.9 Å². The molecule has 1 atom stereocenters. The van der Waals surface area contributed by atoms with Crippen LogP contribution in [0.15, 0.2) is 24.3 Å². The van der Waals surface area contributed by atoms with Crippen LogP contribution in [0.5, 0.6) is 0 Å². The molecule has 1 rings (SSSR count). The van der Waals surface area contributed by atoms with Crippen LogP contribution in [0.3, 0.4) is 0 Å². The fourth-order valence-electron chi connectivity index (χ4n) is 1.04. The van der Waals surface area contributed by atoms with Gasteiger partial charge < -0.3 is 5.32 Å². The van der Waals surface area contributed by atoms with Crippen LogP contribution in [0, 0.1) is 29.6 Å². The molecule has 0 spiro atoms. The molecule has 1 aromatic rings. The van der Waals surface area contributed by atoms with Crippen LogP contribution in [0.25, 0.3) is 0 Å². The smallest absolute Gasteiger partial charge is 0.0671 e. The highest BCUT2D eigenvalue weighted by Gasteiger charge is 1.98. The van der Waals surface area contributed by atoms with Gasteiger partial charge in [-0.3, -0.25) is 0 Å². The number of rotatable bonds is 3. The van der Waals surface area contributed by atoms with Crippen LogP contribution < -0.4 is 5.32 Å². The van der Waals surface area contributed by atoms with Gasteiger partial charge in [0.25, 0.3) is 0 Å². The minimum Gasteiger partial charge on any atom is -0.384 e. The lowest BCUT2D eigenvalue weighted by atomic mass is 10.2. The zero-order chi connectivity index (χ0) is 10.4. The molecule has 0 heterocycles. The van der Waals surface area contributed by atoms with Crippen molar-refractivity contribution in [3.05, 3.63) is 29.8 Å². The summed E-state index contributed by atoms with van der Waals surface area (Å²) in [5, 5.41) is 11.7. The molecule has 0 amide bonds. The molecular formula is C12H12N2. The summed E-state index contributed by atoms with van der Waals surface area (Å²) in [5.74, 6) is 2.57. The first kappa shape index (κ1) is 10.2. The number of hydrogen-bond acceptors (Lipinski definition) is 2. The first-order valence-electron chi connectivity index (χ1n) is 4.46. The minimum atomic E-state index is 0.00416. The molecule has 1 unspecified atom stereocenters. The number of hydrogen-bond donors (Lipinski definition) is 1. The fraction of sp³-hybridized carbons (Fsp3) is 0.250. The summed E-state index contributed by atoms with van der Waals surface area (Å²) in [4.78, 5) is 0. The first-order valence-corrected chi connectivity index (χ1v) is 4.46. The number of nitriles is 1. The van der Waals surface area contributed by atoms with E-state index < -0.39 is 0 Å². The third-order valence-corrected chi connectivity index (χ3v) is 1.86.